The first kappa shape index (κ1) is 13.9. The third kappa shape index (κ3) is 3.95. The molecule has 1 aromatic carbocycles. The molecule has 1 fully saturated rings. The van der Waals surface area contributed by atoms with E-state index in [1.807, 2.05) is 31.1 Å². The van der Waals surface area contributed by atoms with E-state index in [1.165, 1.54) is 37.7 Å². The van der Waals surface area contributed by atoms with E-state index in [1.54, 1.807) is 12.3 Å². The molecule has 0 unspecified atom stereocenters. The zero-order chi connectivity index (χ0) is 13.7. The Hall–Kier alpha value is -1.57. The maximum atomic E-state index is 11.9. The summed E-state index contributed by atoms with van der Waals surface area (Å²) in [6, 6.07) is 8.19. The number of hydrogen-bond donors (Lipinski definition) is 0. The lowest BCUT2D eigenvalue weighted by Crippen LogP contribution is -2.05. The van der Waals surface area contributed by atoms with E-state index < -0.39 is 0 Å². The molecule has 0 atom stereocenters. The second kappa shape index (κ2) is 6.55. The van der Waals surface area contributed by atoms with Gasteiger partial charge >= 0.3 is 0 Å². The lowest BCUT2D eigenvalue weighted by Gasteiger charge is -2.21. The number of ketones is 1. The molecule has 2 heteroatoms. The van der Waals surface area contributed by atoms with Crippen molar-refractivity contribution in [2.45, 2.75) is 38.0 Å². The summed E-state index contributed by atoms with van der Waals surface area (Å²) in [7, 11) is 3.83. The van der Waals surface area contributed by atoms with E-state index in [0.29, 0.717) is 5.92 Å². The van der Waals surface area contributed by atoms with Crippen LogP contribution in [0.25, 0.3) is 0 Å². The zero-order valence-corrected chi connectivity index (χ0v) is 11.9. The van der Waals surface area contributed by atoms with Crippen LogP contribution in [0.2, 0.25) is 0 Å². The Morgan fingerprint density at radius 2 is 1.74 bits per heavy atom. The minimum atomic E-state index is 0.0731. The maximum absolute atomic E-state index is 11.9. The van der Waals surface area contributed by atoms with Crippen molar-refractivity contribution < 1.29 is 4.79 Å². The normalized spacial score (nSPS) is 16.7. The van der Waals surface area contributed by atoms with Crippen molar-refractivity contribution in [1.29, 1.82) is 0 Å². The summed E-state index contributed by atoms with van der Waals surface area (Å²) in [5.41, 5.74) is 2.17. The summed E-state index contributed by atoms with van der Waals surface area (Å²) < 4.78 is 0. The highest BCUT2D eigenvalue weighted by molar-refractivity contribution is 6.04. The van der Waals surface area contributed by atoms with Crippen LogP contribution in [0.5, 0.6) is 0 Å². The van der Waals surface area contributed by atoms with Crippen molar-refractivity contribution >= 4 is 5.78 Å². The SMILES string of the molecule is CN(C)C=CC(=O)c1ccc(C2CCCCC2)cc1. The first-order chi connectivity index (χ1) is 9.16. The Morgan fingerprint density at radius 3 is 2.32 bits per heavy atom. The Labute approximate surface area is 116 Å². The van der Waals surface area contributed by atoms with Crippen LogP contribution in [0.4, 0.5) is 0 Å². The predicted molar refractivity (Wildman–Crippen MR) is 79.4 cm³/mol. The van der Waals surface area contributed by atoms with Crippen molar-refractivity contribution in [3.05, 3.63) is 47.7 Å². The molecule has 0 aromatic heterocycles. The summed E-state index contributed by atoms with van der Waals surface area (Å²) >= 11 is 0. The fourth-order valence-electron chi connectivity index (χ4n) is 2.67. The molecule has 19 heavy (non-hydrogen) atoms. The standard InChI is InChI=1S/C17H23NO/c1-18(2)13-12-17(19)16-10-8-15(9-11-16)14-6-4-3-5-7-14/h8-14H,3-7H2,1-2H3. The van der Waals surface area contributed by atoms with Crippen molar-refractivity contribution in [2.24, 2.45) is 0 Å². The predicted octanol–water partition coefficient (Wildman–Crippen LogP) is 3.99. The van der Waals surface area contributed by atoms with E-state index in [0.717, 1.165) is 5.56 Å². The minimum Gasteiger partial charge on any atom is -0.383 e. The fraction of sp³-hybridized carbons (Fsp3) is 0.471. The van der Waals surface area contributed by atoms with E-state index in [9.17, 15) is 4.79 Å². The van der Waals surface area contributed by atoms with Gasteiger partial charge in [0.1, 0.15) is 0 Å². The smallest absolute Gasteiger partial charge is 0.187 e. The molecule has 0 amide bonds. The number of rotatable bonds is 4. The van der Waals surface area contributed by atoms with Gasteiger partial charge in [-0.2, -0.15) is 0 Å². The van der Waals surface area contributed by atoms with Gasteiger partial charge in [0.2, 0.25) is 0 Å². The summed E-state index contributed by atoms with van der Waals surface area (Å²) in [6.07, 6.45) is 10.1. The first-order valence-electron chi connectivity index (χ1n) is 7.16. The Morgan fingerprint density at radius 1 is 1.11 bits per heavy atom. The van der Waals surface area contributed by atoms with Crippen LogP contribution < -0.4 is 0 Å². The van der Waals surface area contributed by atoms with Gasteiger partial charge in [-0.1, -0.05) is 43.5 Å². The molecule has 0 saturated heterocycles. The number of nitrogens with zero attached hydrogens (tertiary/aromatic N) is 1. The Kier molecular flexibility index (Phi) is 4.78. The first-order valence-corrected chi connectivity index (χ1v) is 7.16. The Bertz CT molecular complexity index is 439. The number of carbonyl (C=O) groups excluding carboxylic acids is 1. The van der Waals surface area contributed by atoms with Crippen LogP contribution >= 0.6 is 0 Å². The molecule has 0 aliphatic heterocycles. The molecule has 1 aliphatic carbocycles. The summed E-state index contributed by atoms with van der Waals surface area (Å²) in [4.78, 5) is 13.8. The molecule has 0 bridgehead atoms. The van der Waals surface area contributed by atoms with E-state index in [4.69, 9.17) is 0 Å². The lowest BCUT2D eigenvalue weighted by atomic mass is 9.84. The lowest BCUT2D eigenvalue weighted by molar-refractivity contribution is 0.104. The Balaban J connectivity index is 2.03. The van der Waals surface area contributed by atoms with Gasteiger partial charge in [-0.25, -0.2) is 0 Å². The number of carbonyl (C=O) groups is 1. The van der Waals surface area contributed by atoms with Gasteiger partial charge in [0.25, 0.3) is 0 Å². The quantitative estimate of drug-likeness (QED) is 0.600. The zero-order valence-electron chi connectivity index (χ0n) is 11.9. The minimum absolute atomic E-state index is 0.0731. The molecule has 0 radical (unpaired) electrons. The summed E-state index contributed by atoms with van der Waals surface area (Å²) in [5, 5.41) is 0. The average molecular weight is 257 g/mol. The summed E-state index contributed by atoms with van der Waals surface area (Å²) in [6.45, 7) is 0. The van der Waals surface area contributed by atoms with Crippen LogP contribution in [-0.4, -0.2) is 24.8 Å². The van der Waals surface area contributed by atoms with Gasteiger partial charge in [-0.05, 0) is 24.3 Å². The molecular formula is C17H23NO. The van der Waals surface area contributed by atoms with Crippen LogP contribution in [0.1, 0.15) is 53.9 Å². The molecule has 0 heterocycles. The van der Waals surface area contributed by atoms with Gasteiger partial charge in [0, 0.05) is 31.9 Å². The second-order valence-electron chi connectivity index (χ2n) is 5.60. The van der Waals surface area contributed by atoms with Crippen LogP contribution in [0, 0.1) is 0 Å². The summed E-state index contributed by atoms with van der Waals surface area (Å²) in [5.74, 6) is 0.777. The van der Waals surface area contributed by atoms with E-state index >= 15 is 0 Å². The average Bonchev–Trinajstić information content (AvgIpc) is 2.46. The fourth-order valence-corrected chi connectivity index (χ4v) is 2.67. The molecule has 1 aromatic rings. The van der Waals surface area contributed by atoms with Crippen molar-refractivity contribution in [1.82, 2.24) is 4.90 Å². The van der Waals surface area contributed by atoms with Gasteiger partial charge in [0.05, 0.1) is 0 Å². The van der Waals surface area contributed by atoms with Gasteiger partial charge in [-0.3, -0.25) is 4.79 Å². The van der Waals surface area contributed by atoms with Gasteiger partial charge in [0.15, 0.2) is 5.78 Å². The number of benzene rings is 1. The molecule has 0 spiro atoms. The molecule has 1 aliphatic rings. The molecule has 2 nitrogen and oxygen atoms in total. The third-order valence-electron chi connectivity index (χ3n) is 3.80. The van der Waals surface area contributed by atoms with Gasteiger partial charge < -0.3 is 4.90 Å². The number of allylic oxidation sites excluding steroid dienone is 1. The van der Waals surface area contributed by atoms with Crippen LogP contribution in [-0.2, 0) is 0 Å². The topological polar surface area (TPSA) is 20.3 Å². The van der Waals surface area contributed by atoms with E-state index in [2.05, 4.69) is 12.1 Å². The molecule has 1 saturated carbocycles. The maximum Gasteiger partial charge on any atom is 0.187 e. The molecular weight excluding hydrogens is 234 g/mol. The van der Waals surface area contributed by atoms with Gasteiger partial charge in [-0.15, -0.1) is 0 Å². The molecule has 2 rings (SSSR count). The highest BCUT2D eigenvalue weighted by Gasteiger charge is 2.15. The van der Waals surface area contributed by atoms with Crippen molar-refractivity contribution in [2.75, 3.05) is 14.1 Å². The van der Waals surface area contributed by atoms with Crippen molar-refractivity contribution in [3.63, 3.8) is 0 Å². The molecule has 0 N–H and O–H groups in total. The van der Waals surface area contributed by atoms with Crippen LogP contribution in [0.3, 0.4) is 0 Å². The third-order valence-corrected chi connectivity index (χ3v) is 3.80. The largest absolute Gasteiger partial charge is 0.383 e. The van der Waals surface area contributed by atoms with Crippen LogP contribution in [0.15, 0.2) is 36.5 Å². The second-order valence-corrected chi connectivity index (χ2v) is 5.60. The molecule has 102 valence electrons. The monoisotopic (exact) mass is 257 g/mol. The number of hydrogen-bond acceptors (Lipinski definition) is 2. The van der Waals surface area contributed by atoms with E-state index in [-0.39, 0.29) is 5.78 Å². The highest BCUT2D eigenvalue weighted by Crippen LogP contribution is 2.32. The highest BCUT2D eigenvalue weighted by atomic mass is 16.1. The van der Waals surface area contributed by atoms with Crippen molar-refractivity contribution in [3.8, 4) is 0 Å².